The van der Waals surface area contributed by atoms with Gasteiger partial charge in [0.1, 0.15) is 6.04 Å². The molecule has 0 aromatic rings. The van der Waals surface area contributed by atoms with Crippen molar-refractivity contribution >= 4 is 5.97 Å². The van der Waals surface area contributed by atoms with E-state index in [0.29, 0.717) is 6.04 Å². The summed E-state index contributed by atoms with van der Waals surface area (Å²) in [6.45, 7) is 6.15. The predicted octanol–water partition coefficient (Wildman–Crippen LogP) is 1.97. The molecule has 0 aliphatic rings. The van der Waals surface area contributed by atoms with Crippen molar-refractivity contribution in [3.8, 4) is 0 Å². The minimum absolute atomic E-state index is 0.319. The number of carboxylic acids is 1. The van der Waals surface area contributed by atoms with Crippen LogP contribution in [0.25, 0.3) is 0 Å². The summed E-state index contributed by atoms with van der Waals surface area (Å²) in [7, 11) is 1.89. The topological polar surface area (TPSA) is 40.5 Å². The molecule has 0 spiro atoms. The summed E-state index contributed by atoms with van der Waals surface area (Å²) < 4.78 is 0. The average Bonchev–Trinajstić information content (AvgIpc) is 2.11. The van der Waals surface area contributed by atoms with Gasteiger partial charge in [0.05, 0.1) is 0 Å². The van der Waals surface area contributed by atoms with E-state index in [1.54, 1.807) is 0 Å². The highest BCUT2D eigenvalue weighted by molar-refractivity contribution is 5.73. The number of likely N-dealkylation sites (N-methyl/N-ethyl adjacent to an activating group) is 1. The van der Waals surface area contributed by atoms with Crippen LogP contribution in [0, 0.1) is 0 Å². The van der Waals surface area contributed by atoms with Gasteiger partial charge in [0.2, 0.25) is 0 Å². The molecule has 2 unspecified atom stereocenters. The highest BCUT2D eigenvalue weighted by Crippen LogP contribution is 2.11. The second-order valence-electron chi connectivity index (χ2n) is 3.57. The second kappa shape index (κ2) is 5.97. The van der Waals surface area contributed by atoms with Gasteiger partial charge in [-0.05, 0) is 26.8 Å². The van der Waals surface area contributed by atoms with Crippen LogP contribution in [0.4, 0.5) is 0 Å². The third-order valence-corrected chi connectivity index (χ3v) is 2.62. The molecule has 0 saturated carbocycles. The molecule has 0 aromatic carbocycles. The number of hydrogen-bond donors (Lipinski definition) is 1. The molecular weight excluding hydrogens is 166 g/mol. The van der Waals surface area contributed by atoms with Crippen LogP contribution in [0.5, 0.6) is 0 Å². The lowest BCUT2D eigenvalue weighted by molar-refractivity contribution is -0.143. The Hall–Kier alpha value is -0.570. The lowest BCUT2D eigenvalue weighted by Crippen LogP contribution is -2.43. The Labute approximate surface area is 80.7 Å². The maximum absolute atomic E-state index is 10.9. The highest BCUT2D eigenvalue weighted by atomic mass is 16.4. The molecule has 78 valence electrons. The van der Waals surface area contributed by atoms with Gasteiger partial charge in [-0.25, -0.2) is 0 Å². The fraction of sp³-hybridized carbons (Fsp3) is 0.900. The quantitative estimate of drug-likeness (QED) is 0.691. The minimum Gasteiger partial charge on any atom is -0.480 e. The van der Waals surface area contributed by atoms with Crippen LogP contribution >= 0.6 is 0 Å². The molecule has 0 aliphatic carbocycles. The minimum atomic E-state index is -0.704. The van der Waals surface area contributed by atoms with Crippen LogP contribution in [0.3, 0.4) is 0 Å². The predicted molar refractivity (Wildman–Crippen MR) is 53.8 cm³/mol. The normalized spacial score (nSPS) is 15.8. The molecule has 3 heteroatoms. The first kappa shape index (κ1) is 12.4. The van der Waals surface area contributed by atoms with Crippen molar-refractivity contribution in [1.82, 2.24) is 4.90 Å². The zero-order valence-electron chi connectivity index (χ0n) is 9.08. The van der Waals surface area contributed by atoms with Crippen molar-refractivity contribution in [3.63, 3.8) is 0 Å². The van der Waals surface area contributed by atoms with Gasteiger partial charge in [-0.15, -0.1) is 0 Å². The van der Waals surface area contributed by atoms with Crippen LogP contribution in [0.15, 0.2) is 0 Å². The van der Waals surface area contributed by atoms with Crippen molar-refractivity contribution in [2.45, 2.75) is 52.1 Å². The molecule has 0 heterocycles. The van der Waals surface area contributed by atoms with E-state index in [2.05, 4.69) is 13.8 Å². The van der Waals surface area contributed by atoms with E-state index < -0.39 is 5.97 Å². The van der Waals surface area contributed by atoms with E-state index in [4.69, 9.17) is 5.11 Å². The Kier molecular flexibility index (Phi) is 5.71. The Balaban J connectivity index is 4.26. The van der Waals surface area contributed by atoms with Gasteiger partial charge in [0.15, 0.2) is 0 Å². The van der Waals surface area contributed by atoms with Crippen LogP contribution in [-0.4, -0.2) is 35.1 Å². The van der Waals surface area contributed by atoms with Gasteiger partial charge in [0.25, 0.3) is 0 Å². The summed E-state index contributed by atoms with van der Waals surface area (Å²) in [5, 5.41) is 8.98. The molecule has 0 fully saturated rings. The number of carbonyl (C=O) groups is 1. The van der Waals surface area contributed by atoms with Gasteiger partial charge in [0, 0.05) is 6.04 Å². The summed E-state index contributed by atoms with van der Waals surface area (Å²) in [5.41, 5.74) is 0. The Morgan fingerprint density at radius 3 is 2.31 bits per heavy atom. The fourth-order valence-corrected chi connectivity index (χ4v) is 1.37. The third kappa shape index (κ3) is 3.77. The fourth-order valence-electron chi connectivity index (χ4n) is 1.37. The van der Waals surface area contributed by atoms with E-state index in [0.717, 1.165) is 19.3 Å². The maximum atomic E-state index is 10.9. The smallest absolute Gasteiger partial charge is 0.320 e. The average molecular weight is 187 g/mol. The lowest BCUT2D eigenvalue weighted by atomic mass is 10.1. The first-order valence-electron chi connectivity index (χ1n) is 4.99. The Morgan fingerprint density at radius 2 is 2.00 bits per heavy atom. The first-order chi connectivity index (χ1) is 6.04. The SMILES string of the molecule is CCCC(C(=O)O)N(C)C(C)CC. The zero-order chi connectivity index (χ0) is 10.4. The molecule has 0 saturated heterocycles. The van der Waals surface area contributed by atoms with Crippen molar-refractivity contribution < 1.29 is 9.90 Å². The van der Waals surface area contributed by atoms with Crippen molar-refractivity contribution in [2.24, 2.45) is 0 Å². The largest absolute Gasteiger partial charge is 0.480 e. The number of nitrogens with zero attached hydrogens (tertiary/aromatic N) is 1. The van der Waals surface area contributed by atoms with E-state index in [1.807, 2.05) is 18.9 Å². The highest BCUT2D eigenvalue weighted by Gasteiger charge is 2.24. The second-order valence-corrected chi connectivity index (χ2v) is 3.57. The third-order valence-electron chi connectivity index (χ3n) is 2.62. The number of carboxylic acid groups (broad SMARTS) is 1. The summed E-state index contributed by atoms with van der Waals surface area (Å²) >= 11 is 0. The number of aliphatic carboxylic acids is 1. The molecule has 0 amide bonds. The molecule has 0 bridgehead atoms. The van der Waals surface area contributed by atoms with E-state index in [1.165, 1.54) is 0 Å². The molecule has 0 radical (unpaired) electrons. The molecular formula is C10H21NO2. The van der Waals surface area contributed by atoms with Crippen molar-refractivity contribution in [2.75, 3.05) is 7.05 Å². The molecule has 1 N–H and O–H groups in total. The standard InChI is InChI=1S/C10H21NO2/c1-5-7-9(10(12)13)11(4)8(3)6-2/h8-9H,5-7H2,1-4H3,(H,12,13). The van der Waals surface area contributed by atoms with Crippen LogP contribution < -0.4 is 0 Å². The van der Waals surface area contributed by atoms with Crippen molar-refractivity contribution in [1.29, 1.82) is 0 Å². The van der Waals surface area contributed by atoms with E-state index in [-0.39, 0.29) is 6.04 Å². The molecule has 0 aromatic heterocycles. The maximum Gasteiger partial charge on any atom is 0.320 e. The number of rotatable bonds is 6. The lowest BCUT2D eigenvalue weighted by Gasteiger charge is -2.29. The van der Waals surface area contributed by atoms with Gasteiger partial charge in [-0.3, -0.25) is 9.69 Å². The van der Waals surface area contributed by atoms with Crippen LogP contribution in [0.1, 0.15) is 40.0 Å². The van der Waals surface area contributed by atoms with Gasteiger partial charge >= 0.3 is 5.97 Å². The molecule has 3 nitrogen and oxygen atoms in total. The van der Waals surface area contributed by atoms with Gasteiger partial charge in [-0.1, -0.05) is 20.3 Å². The van der Waals surface area contributed by atoms with E-state index >= 15 is 0 Å². The van der Waals surface area contributed by atoms with E-state index in [9.17, 15) is 4.79 Å². The first-order valence-corrected chi connectivity index (χ1v) is 4.99. The number of hydrogen-bond acceptors (Lipinski definition) is 2. The van der Waals surface area contributed by atoms with Crippen LogP contribution in [0.2, 0.25) is 0 Å². The molecule has 0 aliphatic heterocycles. The summed E-state index contributed by atoms with van der Waals surface area (Å²) in [5.74, 6) is -0.704. The molecule has 2 atom stereocenters. The monoisotopic (exact) mass is 187 g/mol. The molecule has 0 rings (SSSR count). The molecule has 13 heavy (non-hydrogen) atoms. The summed E-state index contributed by atoms with van der Waals surface area (Å²) in [6.07, 6.45) is 2.64. The summed E-state index contributed by atoms with van der Waals surface area (Å²) in [6, 6.07) is 0.0209. The zero-order valence-corrected chi connectivity index (χ0v) is 9.08. The van der Waals surface area contributed by atoms with Crippen LogP contribution in [-0.2, 0) is 4.79 Å². The Bertz CT molecular complexity index is 159. The van der Waals surface area contributed by atoms with Gasteiger partial charge in [-0.2, -0.15) is 0 Å². The van der Waals surface area contributed by atoms with Gasteiger partial charge < -0.3 is 5.11 Å². The Morgan fingerprint density at radius 1 is 1.46 bits per heavy atom. The summed E-state index contributed by atoms with van der Waals surface area (Å²) in [4.78, 5) is 12.9. The van der Waals surface area contributed by atoms with Crippen molar-refractivity contribution in [3.05, 3.63) is 0 Å².